The number of amides is 1. The molecule has 0 spiro atoms. The van der Waals surface area contributed by atoms with Gasteiger partial charge in [0.15, 0.2) is 0 Å². The minimum atomic E-state index is -0.525. The fraction of sp³-hybridized carbons (Fsp3) is 0.500. The third-order valence-corrected chi connectivity index (χ3v) is 3.75. The van der Waals surface area contributed by atoms with Crippen LogP contribution in [0.5, 0.6) is 0 Å². The van der Waals surface area contributed by atoms with Gasteiger partial charge in [-0.15, -0.1) is 11.8 Å². The Kier molecular flexibility index (Phi) is 6.87. The Morgan fingerprint density at radius 2 is 2.11 bits per heavy atom. The summed E-state index contributed by atoms with van der Waals surface area (Å²) in [6, 6.07) is 6.51. The Labute approximate surface area is 117 Å². The van der Waals surface area contributed by atoms with Crippen LogP contribution < -0.4 is 5.32 Å². The topological polar surface area (TPSA) is 49.3 Å². The molecule has 1 aromatic rings. The minimum Gasteiger partial charge on any atom is -0.391 e. The molecule has 1 amide bonds. The lowest BCUT2D eigenvalue weighted by atomic mass is 10.1. The van der Waals surface area contributed by atoms with Gasteiger partial charge in [-0.2, -0.15) is 0 Å². The van der Waals surface area contributed by atoms with E-state index in [-0.39, 0.29) is 24.2 Å². The summed E-state index contributed by atoms with van der Waals surface area (Å²) in [5.41, 5.74) is 0. The highest BCUT2D eigenvalue weighted by Crippen LogP contribution is 2.21. The normalized spacial score (nSPS) is 12.5. The van der Waals surface area contributed by atoms with Crippen molar-refractivity contribution < 1.29 is 14.3 Å². The summed E-state index contributed by atoms with van der Waals surface area (Å²) in [4.78, 5) is 12.1. The van der Waals surface area contributed by atoms with Crippen LogP contribution in [0.3, 0.4) is 0 Å². The molecule has 3 nitrogen and oxygen atoms in total. The van der Waals surface area contributed by atoms with Gasteiger partial charge in [-0.1, -0.05) is 26.0 Å². The Morgan fingerprint density at radius 1 is 1.42 bits per heavy atom. The number of aliphatic hydroxyl groups excluding tert-OH is 1. The molecule has 19 heavy (non-hydrogen) atoms. The first-order chi connectivity index (χ1) is 9.00. The maximum absolute atomic E-state index is 13.3. The van der Waals surface area contributed by atoms with Crippen LogP contribution >= 0.6 is 11.8 Å². The van der Waals surface area contributed by atoms with Crippen molar-refractivity contribution in [2.24, 2.45) is 5.92 Å². The van der Waals surface area contributed by atoms with Crippen LogP contribution in [0.4, 0.5) is 4.39 Å². The number of hydrogen-bond donors (Lipinski definition) is 2. The predicted octanol–water partition coefficient (Wildman–Crippen LogP) is 2.44. The van der Waals surface area contributed by atoms with Crippen molar-refractivity contribution >= 4 is 17.7 Å². The third kappa shape index (κ3) is 6.07. The number of carbonyl (C=O) groups excluding carboxylic acids is 1. The Bertz CT molecular complexity index is 412. The lowest BCUT2D eigenvalue weighted by Crippen LogP contribution is -2.34. The van der Waals surface area contributed by atoms with E-state index in [1.165, 1.54) is 17.8 Å². The van der Waals surface area contributed by atoms with Crippen molar-refractivity contribution in [2.75, 3.05) is 12.3 Å². The van der Waals surface area contributed by atoms with Gasteiger partial charge in [0.05, 0.1) is 6.10 Å². The zero-order chi connectivity index (χ0) is 14.3. The van der Waals surface area contributed by atoms with Gasteiger partial charge in [-0.25, -0.2) is 4.39 Å². The molecule has 106 valence electrons. The lowest BCUT2D eigenvalue weighted by Gasteiger charge is -2.14. The molecule has 1 rings (SSSR count). The summed E-state index contributed by atoms with van der Waals surface area (Å²) in [5.74, 6) is 0.254. The summed E-state index contributed by atoms with van der Waals surface area (Å²) in [5, 5.41) is 12.2. The van der Waals surface area contributed by atoms with E-state index in [2.05, 4.69) is 5.32 Å². The molecular formula is C14H20FNO2S. The maximum atomic E-state index is 13.3. The van der Waals surface area contributed by atoms with Crippen molar-refractivity contribution in [3.63, 3.8) is 0 Å². The molecule has 1 aromatic carbocycles. The molecule has 0 saturated carbocycles. The van der Waals surface area contributed by atoms with E-state index in [1.807, 2.05) is 13.8 Å². The number of hydrogen-bond acceptors (Lipinski definition) is 3. The van der Waals surface area contributed by atoms with Crippen molar-refractivity contribution in [3.8, 4) is 0 Å². The Morgan fingerprint density at radius 3 is 2.74 bits per heavy atom. The van der Waals surface area contributed by atoms with E-state index < -0.39 is 6.10 Å². The molecular weight excluding hydrogens is 265 g/mol. The van der Waals surface area contributed by atoms with Crippen LogP contribution in [-0.4, -0.2) is 29.4 Å². The molecule has 1 unspecified atom stereocenters. The molecule has 0 aliphatic rings. The number of aliphatic hydroxyl groups is 1. The second-order valence-electron chi connectivity index (χ2n) is 4.64. The average Bonchev–Trinajstić information content (AvgIpc) is 2.38. The highest BCUT2D eigenvalue weighted by molar-refractivity contribution is 7.99. The second-order valence-corrected chi connectivity index (χ2v) is 5.78. The average molecular weight is 285 g/mol. The SMILES string of the molecule is CC(C)C(O)CNC(=O)CCSc1ccccc1F. The van der Waals surface area contributed by atoms with Gasteiger partial charge in [0.2, 0.25) is 5.91 Å². The van der Waals surface area contributed by atoms with Gasteiger partial charge < -0.3 is 10.4 Å². The van der Waals surface area contributed by atoms with Gasteiger partial charge >= 0.3 is 0 Å². The van der Waals surface area contributed by atoms with Crippen molar-refractivity contribution in [3.05, 3.63) is 30.1 Å². The zero-order valence-electron chi connectivity index (χ0n) is 11.2. The number of nitrogens with one attached hydrogen (secondary N) is 1. The summed E-state index contributed by atoms with van der Waals surface area (Å²) >= 11 is 1.32. The summed E-state index contributed by atoms with van der Waals surface area (Å²) in [6.45, 7) is 4.05. The van der Waals surface area contributed by atoms with Gasteiger partial charge in [0.25, 0.3) is 0 Å². The van der Waals surface area contributed by atoms with Crippen LogP contribution in [-0.2, 0) is 4.79 Å². The molecule has 1 atom stereocenters. The molecule has 0 bridgehead atoms. The first kappa shape index (κ1) is 16.0. The number of rotatable bonds is 7. The number of benzene rings is 1. The van der Waals surface area contributed by atoms with Gasteiger partial charge in [-0.05, 0) is 18.1 Å². The van der Waals surface area contributed by atoms with Crippen LogP contribution in [0.15, 0.2) is 29.2 Å². The van der Waals surface area contributed by atoms with Crippen molar-refractivity contribution in [1.29, 1.82) is 0 Å². The predicted molar refractivity (Wildman–Crippen MR) is 75.6 cm³/mol. The molecule has 0 radical (unpaired) electrons. The van der Waals surface area contributed by atoms with Gasteiger partial charge in [0, 0.05) is 23.6 Å². The smallest absolute Gasteiger partial charge is 0.220 e. The first-order valence-corrected chi connectivity index (χ1v) is 7.31. The standard InChI is InChI=1S/C14H20FNO2S/c1-10(2)12(17)9-16-14(18)7-8-19-13-6-4-3-5-11(13)15/h3-6,10,12,17H,7-9H2,1-2H3,(H,16,18). The molecule has 2 N–H and O–H groups in total. The fourth-order valence-electron chi connectivity index (χ4n) is 1.36. The summed E-state index contributed by atoms with van der Waals surface area (Å²) < 4.78 is 13.3. The Balaban J connectivity index is 2.23. The van der Waals surface area contributed by atoms with Crippen LogP contribution in [0.1, 0.15) is 20.3 Å². The lowest BCUT2D eigenvalue weighted by molar-refractivity contribution is -0.121. The molecule has 0 aliphatic heterocycles. The number of thioether (sulfide) groups is 1. The van der Waals surface area contributed by atoms with E-state index >= 15 is 0 Å². The van der Waals surface area contributed by atoms with Crippen LogP contribution in [0.2, 0.25) is 0 Å². The molecule has 0 fully saturated rings. The molecule has 5 heteroatoms. The first-order valence-electron chi connectivity index (χ1n) is 6.32. The summed E-state index contributed by atoms with van der Waals surface area (Å²) in [7, 11) is 0. The monoisotopic (exact) mass is 285 g/mol. The van der Waals surface area contributed by atoms with Gasteiger partial charge in [0.1, 0.15) is 5.82 Å². The molecule has 0 heterocycles. The van der Waals surface area contributed by atoms with E-state index in [9.17, 15) is 14.3 Å². The largest absolute Gasteiger partial charge is 0.391 e. The minimum absolute atomic E-state index is 0.119. The van der Waals surface area contributed by atoms with E-state index in [0.717, 1.165) is 0 Å². The van der Waals surface area contributed by atoms with Crippen molar-refractivity contribution in [2.45, 2.75) is 31.3 Å². The maximum Gasteiger partial charge on any atom is 0.220 e. The van der Waals surface area contributed by atoms with E-state index in [0.29, 0.717) is 17.1 Å². The molecule has 0 aliphatic carbocycles. The molecule has 0 aromatic heterocycles. The highest BCUT2D eigenvalue weighted by atomic mass is 32.2. The van der Waals surface area contributed by atoms with Crippen LogP contribution in [0, 0.1) is 11.7 Å². The zero-order valence-corrected chi connectivity index (χ0v) is 12.0. The fourth-order valence-corrected chi connectivity index (χ4v) is 2.25. The summed E-state index contributed by atoms with van der Waals surface area (Å²) in [6.07, 6.45) is -0.216. The van der Waals surface area contributed by atoms with Crippen molar-refractivity contribution in [1.82, 2.24) is 5.32 Å². The number of halogens is 1. The number of carbonyl (C=O) groups is 1. The van der Waals surface area contributed by atoms with Crippen LogP contribution in [0.25, 0.3) is 0 Å². The second kappa shape index (κ2) is 8.17. The third-order valence-electron chi connectivity index (χ3n) is 2.70. The van der Waals surface area contributed by atoms with E-state index in [1.54, 1.807) is 18.2 Å². The quantitative estimate of drug-likeness (QED) is 0.757. The van der Waals surface area contributed by atoms with Gasteiger partial charge in [-0.3, -0.25) is 4.79 Å². The highest BCUT2D eigenvalue weighted by Gasteiger charge is 2.10. The molecule has 0 saturated heterocycles. The van der Waals surface area contributed by atoms with E-state index in [4.69, 9.17) is 0 Å². The Hall–Kier alpha value is -1.07.